The van der Waals surface area contributed by atoms with E-state index in [0.717, 1.165) is 25.7 Å². The highest BCUT2D eigenvalue weighted by Crippen LogP contribution is 2.44. The largest absolute Gasteiger partial charge is 0.481 e. The van der Waals surface area contributed by atoms with E-state index < -0.39 is 5.97 Å². The van der Waals surface area contributed by atoms with Gasteiger partial charge in [-0.3, -0.25) is 4.79 Å². The first-order chi connectivity index (χ1) is 6.89. The number of carbonyl (C=O) groups is 1. The third kappa shape index (κ3) is 3.49. The standard InChI is InChI=1S/C12H22O3/c1-4-5-12(8-10(13)14)6-7-15-11(2,3)9-12/h4-9H2,1-3H3,(H,13,14)/t12-/m0/s1. The molecule has 0 amide bonds. The van der Waals surface area contributed by atoms with E-state index in [1.54, 1.807) is 0 Å². The third-order valence-electron chi connectivity index (χ3n) is 3.23. The van der Waals surface area contributed by atoms with Crippen molar-refractivity contribution in [3.05, 3.63) is 0 Å². The van der Waals surface area contributed by atoms with Crippen LogP contribution in [0.4, 0.5) is 0 Å². The Bertz CT molecular complexity index is 231. The van der Waals surface area contributed by atoms with Crippen molar-refractivity contribution in [2.45, 2.75) is 58.5 Å². The molecule has 1 aliphatic rings. The molecule has 1 saturated heterocycles. The summed E-state index contributed by atoms with van der Waals surface area (Å²) in [5.41, 5.74) is -0.203. The lowest BCUT2D eigenvalue weighted by atomic mass is 9.69. The van der Waals surface area contributed by atoms with Gasteiger partial charge in [0.05, 0.1) is 12.0 Å². The summed E-state index contributed by atoms with van der Waals surface area (Å²) in [5, 5.41) is 8.99. The predicted octanol–water partition coefficient (Wildman–Crippen LogP) is 2.84. The van der Waals surface area contributed by atoms with Crippen molar-refractivity contribution in [2.24, 2.45) is 5.41 Å². The van der Waals surface area contributed by atoms with Gasteiger partial charge >= 0.3 is 5.97 Å². The highest BCUT2D eigenvalue weighted by Gasteiger charge is 2.41. The van der Waals surface area contributed by atoms with Crippen LogP contribution in [0, 0.1) is 5.41 Å². The zero-order valence-corrected chi connectivity index (χ0v) is 10.0. The maximum absolute atomic E-state index is 10.9. The van der Waals surface area contributed by atoms with Gasteiger partial charge in [-0.15, -0.1) is 0 Å². The van der Waals surface area contributed by atoms with Crippen LogP contribution in [0.1, 0.15) is 52.9 Å². The van der Waals surface area contributed by atoms with Gasteiger partial charge in [0.2, 0.25) is 0 Å². The molecule has 1 heterocycles. The Morgan fingerprint density at radius 3 is 2.60 bits per heavy atom. The molecule has 0 aromatic carbocycles. The number of ether oxygens (including phenoxy) is 1. The van der Waals surface area contributed by atoms with E-state index in [9.17, 15) is 4.79 Å². The van der Waals surface area contributed by atoms with Crippen LogP contribution < -0.4 is 0 Å². The first kappa shape index (κ1) is 12.5. The molecule has 3 heteroatoms. The van der Waals surface area contributed by atoms with Crippen molar-refractivity contribution < 1.29 is 14.6 Å². The van der Waals surface area contributed by atoms with E-state index in [1.165, 1.54) is 0 Å². The number of rotatable bonds is 4. The van der Waals surface area contributed by atoms with Crippen LogP contribution in [0.3, 0.4) is 0 Å². The predicted molar refractivity (Wildman–Crippen MR) is 58.9 cm³/mol. The van der Waals surface area contributed by atoms with Gasteiger partial charge in [-0.25, -0.2) is 0 Å². The second-order valence-electron chi connectivity index (χ2n) is 5.36. The van der Waals surface area contributed by atoms with Crippen molar-refractivity contribution in [3.8, 4) is 0 Å². The minimum Gasteiger partial charge on any atom is -0.481 e. The Balaban J connectivity index is 2.75. The molecule has 0 radical (unpaired) electrons. The molecule has 0 unspecified atom stereocenters. The zero-order valence-electron chi connectivity index (χ0n) is 10.0. The Kier molecular flexibility index (Phi) is 3.77. The molecule has 0 bridgehead atoms. The quantitative estimate of drug-likeness (QED) is 0.782. The van der Waals surface area contributed by atoms with Crippen LogP contribution in [0.2, 0.25) is 0 Å². The SMILES string of the molecule is CCC[C@@]1(CC(=O)O)CCOC(C)(C)C1. The van der Waals surface area contributed by atoms with E-state index in [-0.39, 0.29) is 17.4 Å². The third-order valence-corrected chi connectivity index (χ3v) is 3.23. The second-order valence-corrected chi connectivity index (χ2v) is 5.36. The average Bonchev–Trinajstić information content (AvgIpc) is 1.99. The Labute approximate surface area is 91.8 Å². The summed E-state index contributed by atoms with van der Waals surface area (Å²) in [6, 6.07) is 0. The van der Waals surface area contributed by atoms with E-state index in [0.29, 0.717) is 6.61 Å². The van der Waals surface area contributed by atoms with Gasteiger partial charge in [0.25, 0.3) is 0 Å². The summed E-state index contributed by atoms with van der Waals surface area (Å²) in [4.78, 5) is 10.9. The number of carboxylic acids is 1. The average molecular weight is 214 g/mol. The maximum atomic E-state index is 10.9. The lowest BCUT2D eigenvalue weighted by molar-refractivity contribution is -0.148. The minimum atomic E-state index is -0.679. The summed E-state index contributed by atoms with van der Waals surface area (Å²) in [6.45, 7) is 6.92. The molecule has 1 aliphatic heterocycles. The van der Waals surface area contributed by atoms with Crippen molar-refractivity contribution in [1.29, 1.82) is 0 Å². The molecular formula is C12H22O3. The van der Waals surface area contributed by atoms with Crippen LogP contribution in [0.15, 0.2) is 0 Å². The van der Waals surface area contributed by atoms with E-state index >= 15 is 0 Å². The Hall–Kier alpha value is -0.570. The van der Waals surface area contributed by atoms with Crippen LogP contribution in [-0.4, -0.2) is 23.3 Å². The van der Waals surface area contributed by atoms with Crippen LogP contribution in [0.25, 0.3) is 0 Å². The molecule has 0 saturated carbocycles. The highest BCUT2D eigenvalue weighted by molar-refractivity contribution is 5.67. The Morgan fingerprint density at radius 2 is 2.13 bits per heavy atom. The summed E-state index contributed by atoms with van der Waals surface area (Å²) < 4.78 is 5.66. The van der Waals surface area contributed by atoms with Crippen molar-refractivity contribution in [2.75, 3.05) is 6.61 Å². The van der Waals surface area contributed by atoms with E-state index in [2.05, 4.69) is 20.8 Å². The lowest BCUT2D eigenvalue weighted by Gasteiger charge is -2.44. The molecule has 0 aromatic heterocycles. The summed E-state index contributed by atoms with van der Waals surface area (Å²) >= 11 is 0. The molecule has 0 spiro atoms. The summed E-state index contributed by atoms with van der Waals surface area (Å²) in [7, 11) is 0. The van der Waals surface area contributed by atoms with E-state index in [1.807, 2.05) is 0 Å². The maximum Gasteiger partial charge on any atom is 0.303 e. The monoisotopic (exact) mass is 214 g/mol. The van der Waals surface area contributed by atoms with Gasteiger partial charge in [0.1, 0.15) is 0 Å². The van der Waals surface area contributed by atoms with Gasteiger partial charge in [0, 0.05) is 6.61 Å². The molecule has 1 N–H and O–H groups in total. The van der Waals surface area contributed by atoms with Crippen molar-refractivity contribution >= 4 is 5.97 Å². The summed E-state index contributed by atoms with van der Waals surface area (Å²) in [5.74, 6) is -0.679. The molecular weight excluding hydrogens is 192 g/mol. The molecule has 3 nitrogen and oxygen atoms in total. The molecule has 15 heavy (non-hydrogen) atoms. The van der Waals surface area contributed by atoms with Crippen LogP contribution in [0.5, 0.6) is 0 Å². The molecule has 0 aliphatic carbocycles. The smallest absolute Gasteiger partial charge is 0.303 e. The molecule has 1 rings (SSSR count). The van der Waals surface area contributed by atoms with Gasteiger partial charge < -0.3 is 9.84 Å². The Morgan fingerprint density at radius 1 is 1.47 bits per heavy atom. The fourth-order valence-electron chi connectivity index (χ4n) is 2.89. The number of hydrogen-bond donors (Lipinski definition) is 1. The van der Waals surface area contributed by atoms with Crippen molar-refractivity contribution in [3.63, 3.8) is 0 Å². The van der Waals surface area contributed by atoms with Crippen LogP contribution in [-0.2, 0) is 9.53 Å². The van der Waals surface area contributed by atoms with Gasteiger partial charge in [-0.1, -0.05) is 13.3 Å². The van der Waals surface area contributed by atoms with Crippen LogP contribution >= 0.6 is 0 Å². The molecule has 1 atom stereocenters. The van der Waals surface area contributed by atoms with Gasteiger partial charge in [0.15, 0.2) is 0 Å². The molecule has 0 aromatic rings. The lowest BCUT2D eigenvalue weighted by Crippen LogP contribution is -2.42. The highest BCUT2D eigenvalue weighted by atomic mass is 16.5. The summed E-state index contributed by atoms with van der Waals surface area (Å²) in [6.07, 6.45) is 4.07. The number of carboxylic acid groups (broad SMARTS) is 1. The number of hydrogen-bond acceptors (Lipinski definition) is 2. The second kappa shape index (κ2) is 4.52. The number of aliphatic carboxylic acids is 1. The molecule has 88 valence electrons. The van der Waals surface area contributed by atoms with Crippen molar-refractivity contribution in [1.82, 2.24) is 0 Å². The van der Waals surface area contributed by atoms with Gasteiger partial charge in [-0.05, 0) is 38.5 Å². The topological polar surface area (TPSA) is 46.5 Å². The zero-order chi connectivity index (χ0) is 11.5. The fraction of sp³-hybridized carbons (Fsp3) is 0.917. The normalized spacial score (nSPS) is 30.1. The first-order valence-corrected chi connectivity index (χ1v) is 5.75. The molecule has 1 fully saturated rings. The first-order valence-electron chi connectivity index (χ1n) is 5.75. The van der Waals surface area contributed by atoms with Gasteiger partial charge in [-0.2, -0.15) is 0 Å². The minimum absolute atomic E-state index is 0.0394. The fourth-order valence-corrected chi connectivity index (χ4v) is 2.89. The van der Waals surface area contributed by atoms with E-state index in [4.69, 9.17) is 9.84 Å².